The van der Waals surface area contributed by atoms with Crippen LogP contribution in [0.3, 0.4) is 0 Å². The second kappa shape index (κ2) is 4.47. The molecule has 2 aliphatic rings. The predicted octanol–water partition coefficient (Wildman–Crippen LogP) is 0.0366. The van der Waals surface area contributed by atoms with Crippen molar-refractivity contribution in [3.05, 3.63) is 0 Å². The number of carbonyl (C=O) groups excluding carboxylic acids is 1. The Morgan fingerprint density at radius 3 is 2.37 bits per heavy atom. The van der Waals surface area contributed by atoms with Gasteiger partial charge in [-0.05, 0) is 18.3 Å². The fourth-order valence-corrected chi connectivity index (χ4v) is 4.77. The third-order valence-electron chi connectivity index (χ3n) is 4.34. The van der Waals surface area contributed by atoms with Crippen molar-refractivity contribution < 1.29 is 23.1 Å². The molecule has 1 amide bonds. The van der Waals surface area contributed by atoms with Gasteiger partial charge in [0.1, 0.15) is 0 Å². The lowest BCUT2D eigenvalue weighted by Crippen LogP contribution is -2.36. The van der Waals surface area contributed by atoms with Crippen LogP contribution in [-0.2, 0) is 19.4 Å². The summed E-state index contributed by atoms with van der Waals surface area (Å²) in [7, 11) is -3.08. The van der Waals surface area contributed by atoms with Gasteiger partial charge in [-0.3, -0.25) is 9.59 Å². The molecule has 0 aromatic carbocycles. The number of carboxylic acid groups (broad SMARTS) is 1. The number of hydrogen-bond acceptors (Lipinski definition) is 4. The molecule has 2 rings (SSSR count). The minimum absolute atomic E-state index is 0.0973. The molecule has 1 aliphatic carbocycles. The van der Waals surface area contributed by atoms with Crippen LogP contribution >= 0.6 is 0 Å². The molecule has 2 N–H and O–H groups in total. The molecule has 19 heavy (non-hydrogen) atoms. The van der Waals surface area contributed by atoms with Crippen LogP contribution in [0.1, 0.15) is 26.7 Å². The van der Waals surface area contributed by atoms with Gasteiger partial charge < -0.3 is 10.4 Å². The standard InChI is InChI=1S/C12H19NO5S/c1-12(2)8(9(12)11(15)16)10(14)13-6-7-4-3-5-19(7,17)18/h7-9H,3-6H2,1-2H3,(H,13,14)(H,15,16). The van der Waals surface area contributed by atoms with Crippen LogP contribution < -0.4 is 5.32 Å². The predicted molar refractivity (Wildman–Crippen MR) is 68.2 cm³/mol. The van der Waals surface area contributed by atoms with Gasteiger partial charge in [0, 0.05) is 6.54 Å². The van der Waals surface area contributed by atoms with Crippen LogP contribution in [0, 0.1) is 17.3 Å². The molecule has 3 unspecified atom stereocenters. The van der Waals surface area contributed by atoms with E-state index in [1.807, 2.05) is 0 Å². The lowest BCUT2D eigenvalue weighted by molar-refractivity contribution is -0.140. The minimum atomic E-state index is -3.08. The molecule has 0 spiro atoms. The first-order valence-electron chi connectivity index (χ1n) is 6.40. The molecule has 2 fully saturated rings. The van der Waals surface area contributed by atoms with Crippen molar-refractivity contribution in [1.82, 2.24) is 5.32 Å². The number of rotatable bonds is 4. The number of hydrogen-bond donors (Lipinski definition) is 2. The second-order valence-corrected chi connectivity index (χ2v) is 8.39. The highest BCUT2D eigenvalue weighted by Gasteiger charge is 2.65. The van der Waals surface area contributed by atoms with E-state index in [2.05, 4.69) is 5.32 Å². The monoisotopic (exact) mass is 289 g/mol. The van der Waals surface area contributed by atoms with Crippen LogP contribution in [0.25, 0.3) is 0 Å². The Hall–Kier alpha value is -1.11. The van der Waals surface area contributed by atoms with Crippen LogP contribution in [0.5, 0.6) is 0 Å². The van der Waals surface area contributed by atoms with Crippen LogP contribution in [0.4, 0.5) is 0 Å². The first-order valence-corrected chi connectivity index (χ1v) is 8.11. The summed E-state index contributed by atoms with van der Waals surface area (Å²) in [5, 5.41) is 11.1. The number of aliphatic carboxylic acids is 1. The van der Waals surface area contributed by atoms with Gasteiger partial charge in [0.05, 0.1) is 22.8 Å². The Kier molecular flexibility index (Phi) is 3.36. The topological polar surface area (TPSA) is 101 Å². The minimum Gasteiger partial charge on any atom is -0.481 e. The quantitative estimate of drug-likeness (QED) is 0.761. The van der Waals surface area contributed by atoms with Gasteiger partial charge in [0.15, 0.2) is 9.84 Å². The fraction of sp³-hybridized carbons (Fsp3) is 0.833. The number of carbonyl (C=O) groups is 2. The van der Waals surface area contributed by atoms with Crippen molar-refractivity contribution in [3.63, 3.8) is 0 Å². The Morgan fingerprint density at radius 2 is 1.95 bits per heavy atom. The van der Waals surface area contributed by atoms with E-state index in [0.29, 0.717) is 12.8 Å². The Bertz CT molecular complexity index is 510. The average Bonchev–Trinajstić information content (AvgIpc) is 2.69. The Balaban J connectivity index is 1.92. The summed E-state index contributed by atoms with van der Waals surface area (Å²) < 4.78 is 23.2. The molecule has 1 saturated heterocycles. The van der Waals surface area contributed by atoms with Crippen molar-refractivity contribution in [2.45, 2.75) is 31.9 Å². The number of nitrogens with one attached hydrogen (secondary N) is 1. The van der Waals surface area contributed by atoms with Crippen LogP contribution in [-0.4, -0.2) is 42.9 Å². The molecule has 1 aliphatic heterocycles. The SMILES string of the molecule is CC1(C)C(C(=O)O)C1C(=O)NCC1CCCS1(=O)=O. The molecule has 3 atom stereocenters. The second-order valence-electron chi connectivity index (χ2n) is 5.99. The molecule has 7 heteroatoms. The normalized spacial score (nSPS) is 34.7. The zero-order valence-corrected chi connectivity index (χ0v) is 11.9. The van der Waals surface area contributed by atoms with E-state index in [-0.39, 0.29) is 18.2 Å². The van der Waals surface area contributed by atoms with E-state index in [1.165, 1.54) is 0 Å². The molecule has 6 nitrogen and oxygen atoms in total. The maximum Gasteiger partial charge on any atom is 0.307 e. The lowest BCUT2D eigenvalue weighted by atomic mass is 10.1. The first kappa shape index (κ1) is 14.3. The van der Waals surface area contributed by atoms with Gasteiger partial charge in [-0.15, -0.1) is 0 Å². The molecular weight excluding hydrogens is 270 g/mol. The van der Waals surface area contributed by atoms with Crippen molar-refractivity contribution in [2.75, 3.05) is 12.3 Å². The molecule has 0 aromatic heterocycles. The first-order chi connectivity index (χ1) is 8.68. The summed E-state index contributed by atoms with van der Waals surface area (Å²) in [6, 6.07) is 0. The van der Waals surface area contributed by atoms with Gasteiger partial charge in [0.2, 0.25) is 5.91 Å². The number of amides is 1. The highest BCUT2D eigenvalue weighted by Crippen LogP contribution is 2.58. The van der Waals surface area contributed by atoms with Crippen molar-refractivity contribution in [3.8, 4) is 0 Å². The molecular formula is C12H19NO5S. The van der Waals surface area contributed by atoms with Gasteiger partial charge >= 0.3 is 5.97 Å². The average molecular weight is 289 g/mol. The van der Waals surface area contributed by atoms with Gasteiger partial charge in [-0.1, -0.05) is 13.8 Å². The summed E-state index contributed by atoms with van der Waals surface area (Å²) in [6.07, 6.45) is 1.20. The zero-order chi connectivity index (χ0) is 14.4. The Labute approximate surface area is 112 Å². The molecule has 1 saturated carbocycles. The summed E-state index contributed by atoms with van der Waals surface area (Å²) >= 11 is 0. The maximum absolute atomic E-state index is 11.9. The van der Waals surface area contributed by atoms with E-state index < -0.39 is 38.3 Å². The highest BCUT2D eigenvalue weighted by atomic mass is 32.2. The van der Waals surface area contributed by atoms with E-state index in [1.54, 1.807) is 13.8 Å². The van der Waals surface area contributed by atoms with Gasteiger partial charge in [-0.2, -0.15) is 0 Å². The third-order valence-corrected chi connectivity index (χ3v) is 6.62. The number of sulfone groups is 1. The summed E-state index contributed by atoms with van der Waals surface area (Å²) in [5.41, 5.74) is -0.551. The zero-order valence-electron chi connectivity index (χ0n) is 11.0. The Morgan fingerprint density at radius 1 is 1.32 bits per heavy atom. The fourth-order valence-electron chi connectivity index (χ4n) is 3.00. The van der Waals surface area contributed by atoms with Crippen molar-refractivity contribution in [2.24, 2.45) is 17.3 Å². The summed E-state index contributed by atoms with van der Waals surface area (Å²) in [6.45, 7) is 3.57. The van der Waals surface area contributed by atoms with E-state index >= 15 is 0 Å². The molecule has 1 heterocycles. The van der Waals surface area contributed by atoms with E-state index in [4.69, 9.17) is 5.11 Å². The molecule has 0 bridgehead atoms. The van der Waals surface area contributed by atoms with Crippen LogP contribution in [0.15, 0.2) is 0 Å². The van der Waals surface area contributed by atoms with Gasteiger partial charge in [0.25, 0.3) is 0 Å². The van der Waals surface area contributed by atoms with Crippen molar-refractivity contribution in [1.29, 1.82) is 0 Å². The lowest BCUT2D eigenvalue weighted by Gasteiger charge is -2.11. The van der Waals surface area contributed by atoms with E-state index in [0.717, 1.165) is 0 Å². The van der Waals surface area contributed by atoms with Gasteiger partial charge in [-0.25, -0.2) is 8.42 Å². The number of carboxylic acids is 1. The summed E-state index contributed by atoms with van der Waals surface area (Å²) in [5.74, 6) is -2.37. The molecule has 0 aromatic rings. The van der Waals surface area contributed by atoms with E-state index in [9.17, 15) is 18.0 Å². The highest BCUT2D eigenvalue weighted by molar-refractivity contribution is 7.92. The van der Waals surface area contributed by atoms with Crippen molar-refractivity contribution >= 4 is 21.7 Å². The summed E-state index contributed by atoms with van der Waals surface area (Å²) in [4.78, 5) is 22.9. The largest absolute Gasteiger partial charge is 0.481 e. The molecule has 108 valence electrons. The van der Waals surface area contributed by atoms with Crippen LogP contribution in [0.2, 0.25) is 0 Å². The smallest absolute Gasteiger partial charge is 0.307 e. The maximum atomic E-state index is 11.9. The molecule has 0 radical (unpaired) electrons. The third kappa shape index (κ3) is 2.48.